The molecule has 0 saturated carbocycles. The number of furan rings is 2. The zero-order valence-electron chi connectivity index (χ0n) is 28.8. The van der Waals surface area contributed by atoms with Gasteiger partial charge in [0, 0.05) is 44.5 Å². The van der Waals surface area contributed by atoms with E-state index >= 15 is 0 Å². The van der Waals surface area contributed by atoms with Gasteiger partial charge in [0.2, 0.25) is 0 Å². The third-order valence-electron chi connectivity index (χ3n) is 10.4. The summed E-state index contributed by atoms with van der Waals surface area (Å²) >= 11 is 0. The van der Waals surface area contributed by atoms with Crippen molar-refractivity contribution in [1.82, 2.24) is 0 Å². The molecule has 0 spiro atoms. The minimum atomic E-state index is 0.0339. The second kappa shape index (κ2) is 11.1. The van der Waals surface area contributed by atoms with Crippen LogP contribution in [0.5, 0.6) is 0 Å². The fourth-order valence-corrected chi connectivity index (χ4v) is 7.84. The number of rotatable bonds is 4. The van der Waals surface area contributed by atoms with Crippen molar-refractivity contribution in [3.63, 3.8) is 0 Å². The lowest BCUT2D eigenvalue weighted by Crippen LogP contribution is -2.14. The largest absolute Gasteiger partial charge is 0.456 e. The van der Waals surface area contributed by atoms with Crippen LogP contribution in [0.1, 0.15) is 26.3 Å². The second-order valence-corrected chi connectivity index (χ2v) is 14.6. The molecule has 0 atom stereocenters. The summed E-state index contributed by atoms with van der Waals surface area (Å²) in [7, 11) is 0. The van der Waals surface area contributed by atoms with Gasteiger partial charge in [-0.3, -0.25) is 0 Å². The average molecular weight is 658 g/mol. The van der Waals surface area contributed by atoms with Crippen molar-refractivity contribution in [3.05, 3.63) is 163 Å². The molecule has 0 N–H and O–H groups in total. The van der Waals surface area contributed by atoms with Crippen LogP contribution in [0.2, 0.25) is 0 Å². The summed E-state index contributed by atoms with van der Waals surface area (Å²) in [6, 6.07) is 56.5. The van der Waals surface area contributed by atoms with Crippen molar-refractivity contribution in [3.8, 4) is 11.1 Å². The Morgan fingerprint density at radius 1 is 0.431 bits per heavy atom. The second-order valence-electron chi connectivity index (χ2n) is 14.6. The smallest absolute Gasteiger partial charge is 0.137 e. The average Bonchev–Trinajstić information content (AvgIpc) is 3.71. The number of nitrogens with zero attached hydrogens (tertiary/aromatic N) is 1. The van der Waals surface area contributed by atoms with Crippen LogP contribution in [0.4, 0.5) is 17.1 Å². The maximum atomic E-state index is 6.63. The zero-order valence-corrected chi connectivity index (χ0v) is 28.8. The van der Waals surface area contributed by atoms with Crippen LogP contribution in [-0.4, -0.2) is 0 Å². The van der Waals surface area contributed by atoms with E-state index in [1.165, 1.54) is 27.1 Å². The van der Waals surface area contributed by atoms with Gasteiger partial charge in [-0.25, -0.2) is 0 Å². The van der Waals surface area contributed by atoms with E-state index in [1.807, 2.05) is 6.07 Å². The van der Waals surface area contributed by atoms with Gasteiger partial charge in [0.1, 0.15) is 22.3 Å². The Morgan fingerprint density at radius 2 is 1.08 bits per heavy atom. The minimum Gasteiger partial charge on any atom is -0.456 e. The van der Waals surface area contributed by atoms with Gasteiger partial charge >= 0.3 is 0 Å². The molecule has 10 rings (SSSR count). The molecule has 0 aliphatic heterocycles. The summed E-state index contributed by atoms with van der Waals surface area (Å²) in [6.45, 7) is 6.78. The Kier molecular flexibility index (Phi) is 6.44. The molecule has 2 aromatic heterocycles. The summed E-state index contributed by atoms with van der Waals surface area (Å²) in [5, 5.41) is 9.21. The molecule has 0 fully saturated rings. The predicted molar refractivity (Wildman–Crippen MR) is 215 cm³/mol. The van der Waals surface area contributed by atoms with E-state index in [1.54, 1.807) is 0 Å². The lowest BCUT2D eigenvalue weighted by molar-refractivity contribution is 0.590. The number of hydrogen-bond donors (Lipinski definition) is 0. The van der Waals surface area contributed by atoms with Crippen molar-refractivity contribution >= 4 is 82.5 Å². The minimum absolute atomic E-state index is 0.0339. The van der Waals surface area contributed by atoms with E-state index in [0.29, 0.717) is 0 Å². The molecule has 0 bridgehead atoms. The normalized spacial score (nSPS) is 12.2. The third-order valence-corrected chi connectivity index (χ3v) is 10.4. The van der Waals surface area contributed by atoms with Gasteiger partial charge in [0.15, 0.2) is 0 Å². The maximum Gasteiger partial charge on any atom is 0.137 e. The zero-order chi connectivity index (χ0) is 34.3. The van der Waals surface area contributed by atoms with Crippen molar-refractivity contribution in [2.45, 2.75) is 26.2 Å². The third kappa shape index (κ3) is 4.73. The van der Waals surface area contributed by atoms with E-state index in [0.717, 1.165) is 72.1 Å². The number of anilines is 3. The molecule has 51 heavy (non-hydrogen) atoms. The molecule has 10 aromatic rings. The highest BCUT2D eigenvalue weighted by Crippen LogP contribution is 2.48. The van der Waals surface area contributed by atoms with Crippen LogP contribution in [0.25, 0.3) is 76.5 Å². The Labute approximate surface area is 296 Å². The van der Waals surface area contributed by atoms with Crippen molar-refractivity contribution in [1.29, 1.82) is 0 Å². The number of benzene rings is 8. The molecule has 0 aliphatic carbocycles. The molecule has 0 unspecified atom stereocenters. The number of fused-ring (bicyclic) bond motifs is 8. The van der Waals surface area contributed by atoms with Gasteiger partial charge in [-0.2, -0.15) is 0 Å². The fourth-order valence-electron chi connectivity index (χ4n) is 7.84. The molecular weight excluding hydrogens is 623 g/mol. The molecular formula is C48H35NO2. The Morgan fingerprint density at radius 3 is 1.88 bits per heavy atom. The summed E-state index contributed by atoms with van der Waals surface area (Å²) in [6.07, 6.45) is 0. The van der Waals surface area contributed by atoms with Gasteiger partial charge in [-0.05, 0) is 92.7 Å². The molecule has 0 radical (unpaired) electrons. The van der Waals surface area contributed by atoms with Crippen molar-refractivity contribution in [2.75, 3.05) is 4.90 Å². The molecule has 0 amide bonds. The van der Waals surface area contributed by atoms with E-state index in [9.17, 15) is 0 Å². The Balaban J connectivity index is 1.27. The molecule has 2 heterocycles. The molecule has 0 saturated heterocycles. The highest BCUT2D eigenvalue weighted by molar-refractivity contribution is 6.18. The lowest BCUT2D eigenvalue weighted by Gasteiger charge is -2.29. The highest BCUT2D eigenvalue weighted by atomic mass is 16.3. The van der Waals surface area contributed by atoms with E-state index in [-0.39, 0.29) is 5.41 Å². The predicted octanol–water partition coefficient (Wildman–Crippen LogP) is 14.2. The first-order valence-corrected chi connectivity index (χ1v) is 17.6. The van der Waals surface area contributed by atoms with Crippen LogP contribution in [-0.2, 0) is 5.41 Å². The fraction of sp³-hybridized carbons (Fsp3) is 0.0833. The molecule has 0 aliphatic rings. The topological polar surface area (TPSA) is 29.5 Å². The molecule has 8 aromatic carbocycles. The first-order valence-electron chi connectivity index (χ1n) is 17.6. The number of hydrogen-bond acceptors (Lipinski definition) is 3. The first kappa shape index (κ1) is 29.6. The first-order chi connectivity index (χ1) is 24.9. The van der Waals surface area contributed by atoms with Crippen LogP contribution in [0, 0.1) is 0 Å². The highest BCUT2D eigenvalue weighted by Gasteiger charge is 2.24. The van der Waals surface area contributed by atoms with Crippen LogP contribution in [0.3, 0.4) is 0 Å². The van der Waals surface area contributed by atoms with Gasteiger partial charge < -0.3 is 13.7 Å². The molecule has 3 heteroatoms. The monoisotopic (exact) mass is 657 g/mol. The SMILES string of the molecule is CC(C)(C)c1ccc(N(c2ccc3c(c2)oc2cc4ccccc4cc23)c2ccc3ccccc3c2-c2cccc3oc4ccccc4c23)cc1. The van der Waals surface area contributed by atoms with Crippen LogP contribution >= 0.6 is 0 Å². The molecule has 244 valence electrons. The van der Waals surface area contributed by atoms with Crippen molar-refractivity contribution < 1.29 is 8.83 Å². The van der Waals surface area contributed by atoms with Gasteiger partial charge in [0.05, 0.1) is 5.69 Å². The number of para-hydroxylation sites is 1. The van der Waals surface area contributed by atoms with Crippen LogP contribution in [0.15, 0.2) is 167 Å². The quantitative estimate of drug-likeness (QED) is 0.189. The maximum absolute atomic E-state index is 6.63. The summed E-state index contributed by atoms with van der Waals surface area (Å²) in [4.78, 5) is 2.39. The molecule has 3 nitrogen and oxygen atoms in total. The van der Waals surface area contributed by atoms with Gasteiger partial charge in [0.25, 0.3) is 0 Å². The Bertz CT molecular complexity index is 2960. The Hall–Kier alpha value is -6.32. The van der Waals surface area contributed by atoms with E-state index in [2.05, 4.69) is 177 Å². The summed E-state index contributed by atoms with van der Waals surface area (Å²) < 4.78 is 13.0. The summed E-state index contributed by atoms with van der Waals surface area (Å²) in [5.41, 5.74) is 10.3. The standard InChI is InChI=1S/C48H35NO2/c1-48(2,3)33-20-22-34(23-21-33)49(35-24-25-37-40-27-31-12-4-5-13-32(31)28-44(40)51-45(37)29-35)41-26-19-30-11-6-7-14-36(30)46(41)39-16-10-18-43-47(39)38-15-8-9-17-42(38)50-43/h4-29H,1-3H3. The summed E-state index contributed by atoms with van der Waals surface area (Å²) in [5.74, 6) is 0. The van der Waals surface area contributed by atoms with Gasteiger partial charge in [-0.15, -0.1) is 0 Å². The van der Waals surface area contributed by atoms with Crippen molar-refractivity contribution in [2.24, 2.45) is 0 Å². The van der Waals surface area contributed by atoms with Gasteiger partial charge in [-0.1, -0.05) is 118 Å². The van der Waals surface area contributed by atoms with Crippen LogP contribution < -0.4 is 4.90 Å². The van der Waals surface area contributed by atoms with E-state index < -0.39 is 0 Å². The lowest BCUT2D eigenvalue weighted by atomic mass is 9.87. The van der Waals surface area contributed by atoms with E-state index in [4.69, 9.17) is 8.83 Å².